The van der Waals surface area contributed by atoms with Crippen LogP contribution in [0, 0.1) is 0 Å². The molecule has 0 radical (unpaired) electrons. The van der Waals surface area contributed by atoms with Crippen LogP contribution >= 0.6 is 23.1 Å². The van der Waals surface area contributed by atoms with Crippen molar-refractivity contribution in [2.24, 2.45) is 0 Å². The summed E-state index contributed by atoms with van der Waals surface area (Å²) in [6.45, 7) is 2.22. The van der Waals surface area contributed by atoms with Crippen LogP contribution in [-0.4, -0.2) is 35.3 Å². The number of carbonyl (C=O) groups excluding carboxylic acids is 2. The van der Waals surface area contributed by atoms with Crippen LogP contribution in [-0.2, 0) is 15.3 Å². The molecule has 2 N–H and O–H groups in total. The summed E-state index contributed by atoms with van der Waals surface area (Å²) >= 11 is 2.89. The van der Waals surface area contributed by atoms with Crippen LogP contribution in [0.3, 0.4) is 0 Å². The van der Waals surface area contributed by atoms with Crippen molar-refractivity contribution in [2.45, 2.75) is 23.4 Å². The maximum Gasteiger partial charge on any atom is 0.407 e. The van der Waals surface area contributed by atoms with E-state index in [4.69, 9.17) is 4.74 Å². The number of amides is 2. The number of aromatic nitrogens is 2. The maximum atomic E-state index is 11.8. The second-order valence-corrected chi connectivity index (χ2v) is 6.79. The Bertz CT molecular complexity index is 664. The van der Waals surface area contributed by atoms with Crippen LogP contribution in [0.5, 0.6) is 0 Å². The highest BCUT2D eigenvalue weighted by Crippen LogP contribution is 2.28. The fourth-order valence-corrected chi connectivity index (χ4v) is 3.40. The number of anilines is 1. The van der Waals surface area contributed by atoms with Gasteiger partial charge in [0.2, 0.25) is 11.0 Å². The normalized spacial score (nSPS) is 10.2. The molecule has 0 atom stereocenters. The Labute approximate surface area is 148 Å². The molecule has 0 fully saturated rings. The predicted molar refractivity (Wildman–Crippen MR) is 94.2 cm³/mol. The number of nitrogens with zero attached hydrogens (tertiary/aromatic N) is 2. The SMILES string of the molecule is CCOC(=O)NCCC(=O)Nc1nnc(SCc2ccccc2)s1. The van der Waals surface area contributed by atoms with Crippen molar-refractivity contribution in [3.8, 4) is 0 Å². The standard InChI is InChI=1S/C15H18N4O3S2/c1-2-22-14(21)16-9-8-12(20)17-13-18-19-15(24-13)23-10-11-6-4-3-5-7-11/h3-7H,2,8-10H2,1H3,(H,16,21)(H,17,18,20). The number of alkyl carbamates (subject to hydrolysis) is 1. The molecule has 7 nitrogen and oxygen atoms in total. The maximum absolute atomic E-state index is 11.8. The molecule has 2 aromatic rings. The Balaban J connectivity index is 1.70. The first-order valence-corrected chi connectivity index (χ1v) is 9.18. The van der Waals surface area contributed by atoms with E-state index in [-0.39, 0.29) is 18.9 Å². The zero-order valence-electron chi connectivity index (χ0n) is 13.2. The zero-order chi connectivity index (χ0) is 17.2. The monoisotopic (exact) mass is 366 g/mol. The van der Waals surface area contributed by atoms with Gasteiger partial charge in [-0.25, -0.2) is 4.79 Å². The van der Waals surface area contributed by atoms with Gasteiger partial charge < -0.3 is 15.4 Å². The molecule has 0 saturated carbocycles. The highest BCUT2D eigenvalue weighted by Gasteiger charge is 2.09. The van der Waals surface area contributed by atoms with Crippen LogP contribution in [0.25, 0.3) is 0 Å². The lowest BCUT2D eigenvalue weighted by molar-refractivity contribution is -0.116. The highest BCUT2D eigenvalue weighted by molar-refractivity contribution is 8.00. The lowest BCUT2D eigenvalue weighted by Gasteiger charge is -2.04. The van der Waals surface area contributed by atoms with Gasteiger partial charge in [0, 0.05) is 18.7 Å². The molecule has 0 aliphatic heterocycles. The lowest BCUT2D eigenvalue weighted by atomic mass is 10.2. The number of hydrogen-bond donors (Lipinski definition) is 2. The Morgan fingerprint density at radius 3 is 2.79 bits per heavy atom. The van der Waals surface area contributed by atoms with E-state index in [0.717, 1.165) is 10.1 Å². The number of thioether (sulfide) groups is 1. The number of rotatable bonds is 8. The minimum atomic E-state index is -0.527. The van der Waals surface area contributed by atoms with Gasteiger partial charge in [-0.3, -0.25) is 4.79 Å². The van der Waals surface area contributed by atoms with Gasteiger partial charge in [0.25, 0.3) is 0 Å². The molecule has 9 heteroatoms. The predicted octanol–water partition coefficient (Wildman–Crippen LogP) is 2.91. The minimum absolute atomic E-state index is 0.144. The van der Waals surface area contributed by atoms with Crippen molar-refractivity contribution < 1.29 is 14.3 Å². The molecule has 0 saturated heterocycles. The zero-order valence-corrected chi connectivity index (χ0v) is 14.8. The molecule has 2 amide bonds. The van der Waals surface area contributed by atoms with Gasteiger partial charge in [0.15, 0.2) is 4.34 Å². The van der Waals surface area contributed by atoms with Gasteiger partial charge in [0.05, 0.1) is 6.61 Å². The topological polar surface area (TPSA) is 93.2 Å². The molecular formula is C15H18N4O3S2. The fraction of sp³-hybridized carbons (Fsp3) is 0.333. The van der Waals surface area contributed by atoms with E-state index >= 15 is 0 Å². The van der Waals surface area contributed by atoms with Crippen molar-refractivity contribution in [3.63, 3.8) is 0 Å². The van der Waals surface area contributed by atoms with E-state index in [1.807, 2.05) is 30.3 Å². The van der Waals surface area contributed by atoms with E-state index in [1.165, 1.54) is 16.9 Å². The third-order valence-corrected chi connectivity index (χ3v) is 4.80. The van der Waals surface area contributed by atoms with Crippen molar-refractivity contribution >= 4 is 40.2 Å². The van der Waals surface area contributed by atoms with Gasteiger partial charge in [-0.05, 0) is 12.5 Å². The van der Waals surface area contributed by atoms with Gasteiger partial charge in [-0.15, -0.1) is 10.2 Å². The Morgan fingerprint density at radius 2 is 2.04 bits per heavy atom. The number of benzene rings is 1. The average Bonchev–Trinajstić information content (AvgIpc) is 3.01. The average molecular weight is 366 g/mol. The molecule has 0 aliphatic carbocycles. The second-order valence-electron chi connectivity index (χ2n) is 4.59. The Kier molecular flexibility index (Phi) is 7.50. The molecule has 0 bridgehead atoms. The molecule has 128 valence electrons. The largest absolute Gasteiger partial charge is 0.450 e. The summed E-state index contributed by atoms with van der Waals surface area (Å²) in [6, 6.07) is 10.1. The lowest BCUT2D eigenvalue weighted by Crippen LogP contribution is -2.28. The molecule has 2 rings (SSSR count). The number of carbonyl (C=O) groups is 2. The molecule has 0 unspecified atom stereocenters. The molecule has 1 aromatic heterocycles. The van der Waals surface area contributed by atoms with Crippen molar-refractivity contribution in [3.05, 3.63) is 35.9 Å². The van der Waals surface area contributed by atoms with Gasteiger partial charge in [-0.2, -0.15) is 0 Å². The smallest absolute Gasteiger partial charge is 0.407 e. The molecule has 1 aromatic carbocycles. The van der Waals surface area contributed by atoms with Gasteiger partial charge in [-0.1, -0.05) is 53.4 Å². The van der Waals surface area contributed by atoms with E-state index in [2.05, 4.69) is 20.8 Å². The van der Waals surface area contributed by atoms with Gasteiger partial charge in [0.1, 0.15) is 0 Å². The Hall–Kier alpha value is -2.13. The van der Waals surface area contributed by atoms with E-state index in [9.17, 15) is 9.59 Å². The first-order chi connectivity index (χ1) is 11.7. The summed E-state index contributed by atoms with van der Waals surface area (Å²) in [5.41, 5.74) is 1.20. The fourth-order valence-electron chi connectivity index (χ4n) is 1.68. The third kappa shape index (κ3) is 6.55. The van der Waals surface area contributed by atoms with Gasteiger partial charge >= 0.3 is 6.09 Å². The van der Waals surface area contributed by atoms with Crippen LogP contribution in [0.15, 0.2) is 34.7 Å². The van der Waals surface area contributed by atoms with Crippen molar-refractivity contribution in [2.75, 3.05) is 18.5 Å². The molecule has 1 heterocycles. The molecule has 0 spiro atoms. The van der Waals surface area contributed by atoms with E-state index in [0.29, 0.717) is 11.7 Å². The molecule has 24 heavy (non-hydrogen) atoms. The molecule has 0 aliphatic rings. The molecular weight excluding hydrogens is 348 g/mol. The first-order valence-electron chi connectivity index (χ1n) is 7.38. The quantitative estimate of drug-likeness (QED) is 0.551. The minimum Gasteiger partial charge on any atom is -0.450 e. The van der Waals surface area contributed by atoms with Crippen LogP contribution in [0.4, 0.5) is 9.93 Å². The van der Waals surface area contributed by atoms with Crippen LogP contribution in [0.2, 0.25) is 0 Å². The van der Waals surface area contributed by atoms with Crippen molar-refractivity contribution in [1.29, 1.82) is 0 Å². The Morgan fingerprint density at radius 1 is 1.25 bits per heavy atom. The summed E-state index contributed by atoms with van der Waals surface area (Å²) in [7, 11) is 0. The van der Waals surface area contributed by atoms with E-state index in [1.54, 1.807) is 18.7 Å². The van der Waals surface area contributed by atoms with Crippen LogP contribution < -0.4 is 10.6 Å². The van der Waals surface area contributed by atoms with Crippen molar-refractivity contribution in [1.82, 2.24) is 15.5 Å². The number of nitrogens with one attached hydrogen (secondary N) is 2. The highest BCUT2D eigenvalue weighted by atomic mass is 32.2. The third-order valence-electron chi connectivity index (χ3n) is 2.75. The van der Waals surface area contributed by atoms with Crippen LogP contribution in [0.1, 0.15) is 18.9 Å². The summed E-state index contributed by atoms with van der Waals surface area (Å²) in [6.07, 6.45) is -0.383. The number of ether oxygens (including phenoxy) is 1. The number of hydrogen-bond acceptors (Lipinski definition) is 7. The first kappa shape index (κ1) is 18.2. The summed E-state index contributed by atoms with van der Waals surface area (Å²) < 4.78 is 5.49. The summed E-state index contributed by atoms with van der Waals surface area (Å²) in [5, 5.41) is 13.6. The summed E-state index contributed by atoms with van der Waals surface area (Å²) in [5.74, 6) is 0.565. The second kappa shape index (κ2) is 9.89. The van der Waals surface area contributed by atoms with E-state index < -0.39 is 6.09 Å². The summed E-state index contributed by atoms with van der Waals surface area (Å²) in [4.78, 5) is 22.9.